The van der Waals surface area contributed by atoms with Crippen LogP contribution in [0.3, 0.4) is 0 Å². The summed E-state index contributed by atoms with van der Waals surface area (Å²) in [4.78, 5) is 16.3. The van der Waals surface area contributed by atoms with Crippen LogP contribution < -0.4 is 0 Å². The van der Waals surface area contributed by atoms with Crippen LogP contribution in [-0.2, 0) is 11.3 Å². The van der Waals surface area contributed by atoms with Gasteiger partial charge in [0.2, 0.25) is 0 Å². The van der Waals surface area contributed by atoms with E-state index in [-0.39, 0.29) is 9.93 Å². The van der Waals surface area contributed by atoms with Crippen LogP contribution in [0.1, 0.15) is 0 Å². The summed E-state index contributed by atoms with van der Waals surface area (Å²) in [7, 11) is 0. The van der Waals surface area contributed by atoms with E-state index in [0.29, 0.717) is 6.54 Å². The van der Waals surface area contributed by atoms with Gasteiger partial charge in [-0.3, -0.25) is 4.90 Å². The van der Waals surface area contributed by atoms with Gasteiger partial charge in [-0.05, 0) is 27.5 Å². The van der Waals surface area contributed by atoms with Crippen molar-refractivity contribution in [2.75, 3.05) is 26.2 Å². The molecule has 0 aliphatic carbocycles. The molecule has 1 atom stereocenters. The number of morpholine rings is 1. The Morgan fingerprint density at radius 3 is 3.18 bits per heavy atom. The zero-order chi connectivity index (χ0) is 12.3. The Kier molecular flexibility index (Phi) is 4.29. The van der Waals surface area contributed by atoms with Crippen molar-refractivity contribution in [3.8, 4) is 0 Å². The van der Waals surface area contributed by atoms with Crippen molar-refractivity contribution in [2.45, 2.75) is 10.7 Å². The zero-order valence-electron chi connectivity index (χ0n) is 9.16. The SMILES string of the molecule is O=[N+]([O-])c1cncn1CCN1CCOC(I)C1. The molecule has 8 heteroatoms. The van der Waals surface area contributed by atoms with E-state index in [1.807, 2.05) is 0 Å². The van der Waals surface area contributed by atoms with Crippen molar-refractivity contribution in [3.05, 3.63) is 22.6 Å². The fraction of sp³-hybridized carbons (Fsp3) is 0.667. The molecule has 1 aliphatic rings. The lowest BCUT2D eigenvalue weighted by Crippen LogP contribution is -2.41. The lowest BCUT2D eigenvalue weighted by Gasteiger charge is -2.29. The third-order valence-corrected chi connectivity index (χ3v) is 3.40. The van der Waals surface area contributed by atoms with Crippen molar-refractivity contribution >= 4 is 28.4 Å². The van der Waals surface area contributed by atoms with Gasteiger partial charge in [-0.25, -0.2) is 9.55 Å². The van der Waals surface area contributed by atoms with Gasteiger partial charge in [0, 0.05) is 19.6 Å². The van der Waals surface area contributed by atoms with Crippen LogP contribution in [0.2, 0.25) is 0 Å². The third kappa shape index (κ3) is 3.36. The number of nitro groups is 1. The molecule has 2 rings (SSSR count). The molecule has 2 heterocycles. The average Bonchev–Trinajstić information content (AvgIpc) is 2.74. The molecule has 0 radical (unpaired) electrons. The number of imidazole rings is 1. The maximum atomic E-state index is 10.7. The molecule has 1 aromatic rings. The molecule has 1 saturated heterocycles. The number of aromatic nitrogens is 2. The van der Waals surface area contributed by atoms with Gasteiger partial charge >= 0.3 is 5.82 Å². The molecule has 94 valence electrons. The molecule has 1 unspecified atom stereocenters. The second-order valence-corrected chi connectivity index (χ2v) is 5.17. The van der Waals surface area contributed by atoms with E-state index in [9.17, 15) is 10.1 Å². The lowest BCUT2D eigenvalue weighted by atomic mass is 10.4. The molecule has 7 nitrogen and oxygen atoms in total. The van der Waals surface area contributed by atoms with Crippen LogP contribution in [0.15, 0.2) is 12.5 Å². The van der Waals surface area contributed by atoms with E-state index < -0.39 is 4.92 Å². The Morgan fingerprint density at radius 1 is 1.65 bits per heavy atom. The monoisotopic (exact) mass is 352 g/mol. The minimum atomic E-state index is -0.409. The van der Waals surface area contributed by atoms with E-state index in [2.05, 4.69) is 32.5 Å². The van der Waals surface area contributed by atoms with Gasteiger partial charge in [0.05, 0.1) is 6.61 Å². The normalized spacial score (nSPS) is 21.6. The van der Waals surface area contributed by atoms with E-state index in [4.69, 9.17) is 4.74 Å². The number of nitrogens with zero attached hydrogens (tertiary/aromatic N) is 4. The van der Waals surface area contributed by atoms with Gasteiger partial charge in [-0.1, -0.05) is 0 Å². The predicted molar refractivity (Wildman–Crippen MR) is 69.1 cm³/mol. The highest BCUT2D eigenvalue weighted by molar-refractivity contribution is 14.1. The Hall–Kier alpha value is -0.740. The first kappa shape index (κ1) is 12.7. The molecule has 1 fully saturated rings. The highest BCUT2D eigenvalue weighted by Crippen LogP contribution is 2.13. The second kappa shape index (κ2) is 5.74. The number of hydrogen-bond donors (Lipinski definition) is 0. The summed E-state index contributed by atoms with van der Waals surface area (Å²) < 4.78 is 7.20. The predicted octanol–water partition coefficient (Wildman–Crippen LogP) is 0.885. The Labute approximate surface area is 112 Å². The summed E-state index contributed by atoms with van der Waals surface area (Å²) in [6, 6.07) is 0. The van der Waals surface area contributed by atoms with Crippen LogP contribution in [0.4, 0.5) is 5.82 Å². The third-order valence-electron chi connectivity index (χ3n) is 2.64. The molecule has 0 spiro atoms. The number of halogens is 1. The van der Waals surface area contributed by atoms with Gasteiger partial charge in [-0.2, -0.15) is 0 Å². The molecule has 0 bridgehead atoms. The Morgan fingerprint density at radius 2 is 2.47 bits per heavy atom. The van der Waals surface area contributed by atoms with Crippen molar-refractivity contribution in [2.24, 2.45) is 0 Å². The summed E-state index contributed by atoms with van der Waals surface area (Å²) in [6.07, 6.45) is 2.78. The smallest absolute Gasteiger partial charge is 0.342 e. The molecule has 0 saturated carbocycles. The Balaban J connectivity index is 1.89. The van der Waals surface area contributed by atoms with Gasteiger partial charge in [0.15, 0.2) is 6.33 Å². The van der Waals surface area contributed by atoms with E-state index in [0.717, 1.165) is 26.2 Å². The van der Waals surface area contributed by atoms with E-state index in [1.165, 1.54) is 12.5 Å². The molecule has 0 N–H and O–H groups in total. The number of hydrogen-bond acceptors (Lipinski definition) is 5. The summed E-state index contributed by atoms with van der Waals surface area (Å²) in [6.45, 7) is 3.82. The molecule has 0 aromatic carbocycles. The standard InChI is InChI=1S/C9H13IN4O3/c10-8-6-12(3-4-17-8)1-2-13-7-11-5-9(13)14(15)16/h5,7-8H,1-4,6H2. The maximum Gasteiger partial charge on any atom is 0.342 e. The second-order valence-electron chi connectivity index (χ2n) is 3.78. The summed E-state index contributed by atoms with van der Waals surface area (Å²) in [5.41, 5.74) is 0. The van der Waals surface area contributed by atoms with Crippen LogP contribution in [0.25, 0.3) is 0 Å². The number of rotatable bonds is 4. The molecule has 17 heavy (non-hydrogen) atoms. The first-order valence-electron chi connectivity index (χ1n) is 5.29. The molecular weight excluding hydrogens is 339 g/mol. The zero-order valence-corrected chi connectivity index (χ0v) is 11.3. The first-order chi connectivity index (χ1) is 8.16. The topological polar surface area (TPSA) is 73.4 Å². The summed E-state index contributed by atoms with van der Waals surface area (Å²) in [5.74, 6) is 0.0456. The largest absolute Gasteiger partial charge is 0.365 e. The lowest BCUT2D eigenvalue weighted by molar-refractivity contribution is -0.392. The minimum Gasteiger partial charge on any atom is -0.365 e. The molecule has 1 aliphatic heterocycles. The van der Waals surface area contributed by atoms with Crippen molar-refractivity contribution in [3.63, 3.8) is 0 Å². The van der Waals surface area contributed by atoms with Gasteiger partial charge < -0.3 is 14.9 Å². The molecule has 0 amide bonds. The summed E-state index contributed by atoms with van der Waals surface area (Å²) >= 11 is 2.25. The van der Waals surface area contributed by atoms with Crippen LogP contribution in [-0.4, -0.2) is 49.7 Å². The van der Waals surface area contributed by atoms with Gasteiger partial charge in [0.1, 0.15) is 16.9 Å². The van der Waals surface area contributed by atoms with E-state index in [1.54, 1.807) is 4.57 Å². The summed E-state index contributed by atoms with van der Waals surface area (Å²) in [5, 5.41) is 10.7. The number of ether oxygens (including phenoxy) is 1. The maximum absolute atomic E-state index is 10.7. The van der Waals surface area contributed by atoms with Gasteiger partial charge in [0.25, 0.3) is 0 Å². The average molecular weight is 352 g/mol. The van der Waals surface area contributed by atoms with Crippen molar-refractivity contribution in [1.82, 2.24) is 14.5 Å². The highest BCUT2D eigenvalue weighted by Gasteiger charge is 2.19. The number of alkyl halides is 1. The van der Waals surface area contributed by atoms with Crippen LogP contribution in [0, 0.1) is 10.1 Å². The quantitative estimate of drug-likeness (QED) is 0.348. The highest BCUT2D eigenvalue weighted by atomic mass is 127. The fourth-order valence-electron chi connectivity index (χ4n) is 1.75. The molecular formula is C9H13IN4O3. The molecule has 1 aromatic heterocycles. The minimum absolute atomic E-state index is 0.0456. The van der Waals surface area contributed by atoms with E-state index >= 15 is 0 Å². The fourth-order valence-corrected chi connectivity index (χ4v) is 2.56. The van der Waals surface area contributed by atoms with Crippen molar-refractivity contribution < 1.29 is 9.66 Å². The first-order valence-corrected chi connectivity index (χ1v) is 6.54. The van der Waals surface area contributed by atoms with Crippen LogP contribution >= 0.6 is 22.6 Å². The Bertz CT molecular complexity index is 397. The van der Waals surface area contributed by atoms with Crippen LogP contribution in [0.5, 0.6) is 0 Å². The van der Waals surface area contributed by atoms with Gasteiger partial charge in [-0.15, -0.1) is 0 Å². The van der Waals surface area contributed by atoms with Crippen molar-refractivity contribution in [1.29, 1.82) is 0 Å².